The number of rotatable bonds is 13. The molecular formula is C31H34N2O5S. The molecule has 8 heteroatoms. The summed E-state index contributed by atoms with van der Waals surface area (Å²) in [5.41, 5.74) is 4.62. The summed E-state index contributed by atoms with van der Waals surface area (Å²) in [6, 6.07) is 31.2. The zero-order chi connectivity index (χ0) is 27.7. The van der Waals surface area contributed by atoms with Crippen molar-refractivity contribution in [3.8, 4) is 17.2 Å². The number of sulfonamides is 1. The Hall–Kier alpha value is -4.01. The van der Waals surface area contributed by atoms with E-state index in [0.29, 0.717) is 49.1 Å². The Morgan fingerprint density at radius 1 is 0.795 bits per heavy atom. The highest BCUT2D eigenvalue weighted by Crippen LogP contribution is 2.31. The maximum atomic E-state index is 11.9. The van der Waals surface area contributed by atoms with Gasteiger partial charge in [0.15, 0.2) is 0 Å². The summed E-state index contributed by atoms with van der Waals surface area (Å²) >= 11 is 0. The smallest absolute Gasteiger partial charge is 0.229 e. The molecule has 0 aromatic heterocycles. The number of ether oxygens (including phenoxy) is 2. The number of nitrogens with one attached hydrogen (secondary N) is 1. The lowest BCUT2D eigenvalue weighted by Gasteiger charge is -2.28. The topological polar surface area (TPSA) is 88.1 Å². The Morgan fingerprint density at radius 2 is 1.46 bits per heavy atom. The number of hydrogen-bond donors (Lipinski definition) is 2. The zero-order valence-corrected chi connectivity index (χ0v) is 23.0. The minimum Gasteiger partial charge on any atom is -0.493 e. The van der Waals surface area contributed by atoms with Gasteiger partial charge in [-0.05, 0) is 60.0 Å². The van der Waals surface area contributed by atoms with Crippen LogP contribution in [0.15, 0.2) is 97.1 Å². The Labute approximate surface area is 230 Å². The van der Waals surface area contributed by atoms with E-state index in [1.807, 2.05) is 85.8 Å². The van der Waals surface area contributed by atoms with Crippen LogP contribution in [0.4, 0.5) is 11.4 Å². The molecule has 0 saturated carbocycles. The second-order valence-electron chi connectivity index (χ2n) is 9.31. The van der Waals surface area contributed by atoms with Gasteiger partial charge in [-0.2, -0.15) is 0 Å². The van der Waals surface area contributed by atoms with Crippen molar-refractivity contribution in [3.63, 3.8) is 0 Å². The molecule has 204 valence electrons. The summed E-state index contributed by atoms with van der Waals surface area (Å²) in [6.07, 6.45) is 1.73. The molecule has 0 aliphatic carbocycles. The van der Waals surface area contributed by atoms with Crippen LogP contribution in [0.25, 0.3) is 0 Å². The van der Waals surface area contributed by atoms with Crippen LogP contribution in [0.5, 0.6) is 17.2 Å². The third kappa shape index (κ3) is 8.49. The van der Waals surface area contributed by atoms with Crippen LogP contribution in [-0.4, -0.2) is 33.0 Å². The zero-order valence-electron chi connectivity index (χ0n) is 22.2. The second-order valence-corrected chi connectivity index (χ2v) is 11.1. The molecule has 0 amide bonds. The average molecular weight is 547 g/mol. The standard InChI is InChI=1S/C31H34N2O5S/c1-24-30(32-39(2,35)36)13-7-14-31(24)33(22-25-9-4-3-5-10-25)23-26-15-17-27(18-16-26)38-29-12-6-11-28(21-29)37-20-8-19-34/h3-7,9-18,21,32,34H,8,19-20,22-23H2,1-2H3. The van der Waals surface area contributed by atoms with Gasteiger partial charge in [-0.15, -0.1) is 0 Å². The van der Waals surface area contributed by atoms with E-state index in [4.69, 9.17) is 14.6 Å². The Bertz CT molecular complexity index is 1460. The first-order valence-electron chi connectivity index (χ1n) is 12.8. The number of benzene rings is 4. The molecule has 0 heterocycles. The summed E-state index contributed by atoms with van der Waals surface area (Å²) < 4.78 is 38.1. The van der Waals surface area contributed by atoms with Crippen LogP contribution in [0.3, 0.4) is 0 Å². The number of anilines is 2. The molecule has 4 rings (SSSR count). The van der Waals surface area contributed by atoms with Crippen LogP contribution in [0.1, 0.15) is 23.1 Å². The molecule has 0 radical (unpaired) electrons. The maximum Gasteiger partial charge on any atom is 0.229 e. The Kier molecular flexibility index (Phi) is 9.46. The highest BCUT2D eigenvalue weighted by molar-refractivity contribution is 7.92. The van der Waals surface area contributed by atoms with Gasteiger partial charge in [0.2, 0.25) is 10.0 Å². The van der Waals surface area contributed by atoms with Gasteiger partial charge in [-0.25, -0.2) is 8.42 Å². The number of aliphatic hydroxyl groups excluding tert-OH is 1. The van der Waals surface area contributed by atoms with Crippen LogP contribution in [0.2, 0.25) is 0 Å². The minimum atomic E-state index is -3.40. The molecule has 0 atom stereocenters. The highest BCUT2D eigenvalue weighted by atomic mass is 32.2. The SMILES string of the molecule is Cc1c(NS(C)(=O)=O)cccc1N(Cc1ccccc1)Cc1ccc(Oc2cccc(OCCCO)c2)cc1. The van der Waals surface area contributed by atoms with Crippen LogP contribution in [0, 0.1) is 6.92 Å². The van der Waals surface area contributed by atoms with Crippen molar-refractivity contribution in [2.75, 3.05) is 29.1 Å². The minimum absolute atomic E-state index is 0.0911. The van der Waals surface area contributed by atoms with E-state index in [1.165, 1.54) is 0 Å². The molecule has 0 fully saturated rings. The molecule has 0 aliphatic heterocycles. The van der Waals surface area contributed by atoms with Crippen molar-refractivity contribution < 1.29 is 23.0 Å². The lowest BCUT2D eigenvalue weighted by Crippen LogP contribution is -2.23. The van der Waals surface area contributed by atoms with E-state index in [2.05, 4.69) is 21.8 Å². The quantitative estimate of drug-likeness (QED) is 0.196. The fourth-order valence-electron chi connectivity index (χ4n) is 4.21. The van der Waals surface area contributed by atoms with E-state index < -0.39 is 10.0 Å². The van der Waals surface area contributed by atoms with E-state index in [-0.39, 0.29) is 6.61 Å². The number of nitrogens with zero attached hydrogens (tertiary/aromatic N) is 1. The first kappa shape index (κ1) is 28.0. The normalized spacial score (nSPS) is 11.2. The fraction of sp³-hybridized carbons (Fsp3) is 0.226. The predicted octanol–water partition coefficient (Wildman–Crippen LogP) is 6.13. The van der Waals surface area contributed by atoms with Crippen molar-refractivity contribution in [2.45, 2.75) is 26.4 Å². The van der Waals surface area contributed by atoms with Gasteiger partial charge < -0.3 is 19.5 Å². The third-order valence-electron chi connectivity index (χ3n) is 6.07. The summed E-state index contributed by atoms with van der Waals surface area (Å²) in [4.78, 5) is 2.24. The van der Waals surface area contributed by atoms with Gasteiger partial charge in [0.1, 0.15) is 17.2 Å². The van der Waals surface area contributed by atoms with Crippen molar-refractivity contribution in [2.24, 2.45) is 0 Å². The lowest BCUT2D eigenvalue weighted by atomic mass is 10.1. The molecule has 0 spiro atoms. The molecule has 0 unspecified atom stereocenters. The van der Waals surface area contributed by atoms with E-state index in [0.717, 1.165) is 28.6 Å². The second kappa shape index (κ2) is 13.2. The van der Waals surface area contributed by atoms with Crippen molar-refractivity contribution in [3.05, 3.63) is 114 Å². The summed E-state index contributed by atoms with van der Waals surface area (Å²) in [5, 5.41) is 8.94. The number of hydrogen-bond acceptors (Lipinski definition) is 6. The molecule has 4 aromatic carbocycles. The first-order valence-corrected chi connectivity index (χ1v) is 14.7. The van der Waals surface area contributed by atoms with Crippen LogP contribution in [-0.2, 0) is 23.1 Å². The van der Waals surface area contributed by atoms with Gasteiger partial charge >= 0.3 is 0 Å². The molecule has 39 heavy (non-hydrogen) atoms. The third-order valence-corrected chi connectivity index (χ3v) is 6.66. The molecule has 0 aliphatic rings. The monoisotopic (exact) mass is 546 g/mol. The first-order chi connectivity index (χ1) is 18.8. The lowest BCUT2D eigenvalue weighted by molar-refractivity contribution is 0.233. The van der Waals surface area contributed by atoms with Crippen molar-refractivity contribution >= 4 is 21.4 Å². The van der Waals surface area contributed by atoms with E-state index in [9.17, 15) is 8.42 Å². The summed E-state index contributed by atoms with van der Waals surface area (Å²) in [7, 11) is -3.40. The van der Waals surface area contributed by atoms with Crippen LogP contribution >= 0.6 is 0 Å². The largest absolute Gasteiger partial charge is 0.493 e. The van der Waals surface area contributed by atoms with Crippen molar-refractivity contribution in [1.82, 2.24) is 0 Å². The fourth-order valence-corrected chi connectivity index (χ4v) is 4.83. The van der Waals surface area contributed by atoms with Crippen LogP contribution < -0.4 is 19.1 Å². The molecule has 0 saturated heterocycles. The van der Waals surface area contributed by atoms with Crippen molar-refractivity contribution in [1.29, 1.82) is 0 Å². The van der Waals surface area contributed by atoms with E-state index >= 15 is 0 Å². The molecule has 4 aromatic rings. The van der Waals surface area contributed by atoms with Gasteiger partial charge in [0.05, 0.1) is 18.6 Å². The molecule has 7 nitrogen and oxygen atoms in total. The van der Waals surface area contributed by atoms with Gasteiger partial charge in [0, 0.05) is 37.9 Å². The van der Waals surface area contributed by atoms with Gasteiger partial charge in [0.25, 0.3) is 0 Å². The van der Waals surface area contributed by atoms with E-state index in [1.54, 1.807) is 6.07 Å². The molecular weight excluding hydrogens is 512 g/mol. The Morgan fingerprint density at radius 3 is 2.15 bits per heavy atom. The van der Waals surface area contributed by atoms with Gasteiger partial charge in [-0.1, -0.05) is 54.6 Å². The average Bonchev–Trinajstić information content (AvgIpc) is 2.91. The number of aliphatic hydroxyl groups is 1. The molecule has 2 N–H and O–H groups in total. The van der Waals surface area contributed by atoms with Gasteiger partial charge in [-0.3, -0.25) is 4.72 Å². The molecule has 0 bridgehead atoms. The highest BCUT2D eigenvalue weighted by Gasteiger charge is 2.15. The summed E-state index contributed by atoms with van der Waals surface area (Å²) in [5.74, 6) is 2.06. The summed E-state index contributed by atoms with van der Waals surface area (Å²) in [6.45, 7) is 3.74. The maximum absolute atomic E-state index is 11.9. The predicted molar refractivity (Wildman–Crippen MR) is 156 cm³/mol. The Balaban J connectivity index is 1.53.